The number of hydrogen-bond acceptors (Lipinski definition) is 9. The molecule has 1 saturated heterocycles. The molecule has 2 heterocycles. The number of esters is 1. The standard InChI is InChI=1S/C23H28N2O8S/c1-5-33-22(27)13-21-25(14-20(26)24-6-8-32-9-7-24)23(28)19(34-21)11-15-10-17(30-3)18(31-4)12-16(15)29-2/h10-13H,5-9,14H2,1-4H3/b19-11-,21-13-. The van der Waals surface area contributed by atoms with Gasteiger partial charge in [0.1, 0.15) is 17.0 Å². The van der Waals surface area contributed by atoms with E-state index in [0.29, 0.717) is 58.3 Å². The van der Waals surface area contributed by atoms with Crippen molar-refractivity contribution in [3.05, 3.63) is 37.2 Å². The minimum absolute atomic E-state index is 0.194. The molecule has 0 bridgehead atoms. The van der Waals surface area contributed by atoms with E-state index in [1.54, 1.807) is 30.0 Å². The van der Waals surface area contributed by atoms with Gasteiger partial charge in [-0.15, -0.1) is 11.3 Å². The molecule has 0 spiro atoms. The topological polar surface area (TPSA) is 106 Å². The fraction of sp³-hybridized carbons (Fsp3) is 0.435. The maximum atomic E-state index is 13.3. The van der Waals surface area contributed by atoms with Crippen molar-refractivity contribution in [3.8, 4) is 17.2 Å². The molecule has 0 saturated carbocycles. The molecule has 1 amide bonds. The average Bonchev–Trinajstić information content (AvgIpc) is 3.12. The third-order valence-corrected chi connectivity index (χ3v) is 6.20. The minimum Gasteiger partial charge on any atom is -0.496 e. The molecular weight excluding hydrogens is 464 g/mol. The third kappa shape index (κ3) is 5.78. The van der Waals surface area contributed by atoms with E-state index in [4.69, 9.17) is 23.7 Å². The maximum absolute atomic E-state index is 13.3. The highest BCUT2D eigenvalue weighted by Gasteiger charge is 2.19. The summed E-state index contributed by atoms with van der Waals surface area (Å²) in [7, 11) is 4.53. The number of ether oxygens (including phenoxy) is 5. The highest BCUT2D eigenvalue weighted by Crippen LogP contribution is 2.34. The summed E-state index contributed by atoms with van der Waals surface area (Å²) in [6.45, 7) is 3.50. The molecule has 0 aliphatic carbocycles. The maximum Gasteiger partial charge on any atom is 0.333 e. The summed E-state index contributed by atoms with van der Waals surface area (Å²) in [6, 6.07) is 3.35. The van der Waals surface area contributed by atoms with Crippen LogP contribution in [0, 0.1) is 0 Å². The van der Waals surface area contributed by atoms with Crippen LogP contribution in [0.3, 0.4) is 0 Å². The number of aromatic nitrogens is 1. The van der Waals surface area contributed by atoms with Crippen LogP contribution in [-0.2, 0) is 25.6 Å². The van der Waals surface area contributed by atoms with E-state index in [2.05, 4.69) is 0 Å². The van der Waals surface area contributed by atoms with Gasteiger partial charge in [-0.05, 0) is 19.1 Å². The Morgan fingerprint density at radius 1 is 1.06 bits per heavy atom. The molecule has 0 unspecified atom stereocenters. The Hall–Kier alpha value is -3.31. The van der Waals surface area contributed by atoms with Gasteiger partial charge >= 0.3 is 5.97 Å². The number of nitrogens with zero attached hydrogens (tertiary/aromatic N) is 2. The van der Waals surface area contributed by atoms with E-state index in [0.717, 1.165) is 11.3 Å². The van der Waals surface area contributed by atoms with Crippen LogP contribution < -0.4 is 29.0 Å². The second-order valence-electron chi connectivity index (χ2n) is 7.18. The van der Waals surface area contributed by atoms with Crippen molar-refractivity contribution in [2.24, 2.45) is 0 Å². The monoisotopic (exact) mass is 492 g/mol. The number of thiazole rings is 1. The Morgan fingerprint density at radius 2 is 1.71 bits per heavy atom. The smallest absolute Gasteiger partial charge is 0.333 e. The Kier molecular flexibility index (Phi) is 8.72. The van der Waals surface area contributed by atoms with Crippen molar-refractivity contribution < 1.29 is 33.3 Å². The molecule has 1 aromatic heterocycles. The molecule has 184 valence electrons. The molecule has 1 aliphatic heterocycles. The van der Waals surface area contributed by atoms with Gasteiger partial charge in [0.25, 0.3) is 5.56 Å². The molecule has 1 aliphatic rings. The van der Waals surface area contributed by atoms with Crippen LogP contribution in [0.25, 0.3) is 12.2 Å². The van der Waals surface area contributed by atoms with Crippen LogP contribution in [0.15, 0.2) is 16.9 Å². The average molecular weight is 493 g/mol. The quantitative estimate of drug-likeness (QED) is 0.473. The molecule has 10 nitrogen and oxygen atoms in total. The largest absolute Gasteiger partial charge is 0.496 e. The first-order valence-electron chi connectivity index (χ1n) is 10.7. The van der Waals surface area contributed by atoms with Crippen LogP contribution >= 0.6 is 11.3 Å². The summed E-state index contributed by atoms with van der Waals surface area (Å²) < 4.78 is 28.3. The predicted molar refractivity (Wildman–Crippen MR) is 126 cm³/mol. The molecular formula is C23H28N2O8S. The first-order chi connectivity index (χ1) is 16.4. The number of hydrogen-bond donors (Lipinski definition) is 0. The summed E-state index contributed by atoms with van der Waals surface area (Å²) in [5.41, 5.74) is 0.173. The van der Waals surface area contributed by atoms with E-state index < -0.39 is 11.5 Å². The van der Waals surface area contributed by atoms with E-state index in [1.165, 1.54) is 32.0 Å². The Labute approximate surface area is 200 Å². The molecule has 0 N–H and O–H groups in total. The zero-order valence-electron chi connectivity index (χ0n) is 19.6. The van der Waals surface area contributed by atoms with Crippen molar-refractivity contribution in [1.29, 1.82) is 0 Å². The molecule has 0 radical (unpaired) electrons. The fourth-order valence-electron chi connectivity index (χ4n) is 3.43. The van der Waals surface area contributed by atoms with Gasteiger partial charge in [0.05, 0.1) is 51.8 Å². The second kappa shape index (κ2) is 11.7. The minimum atomic E-state index is -0.591. The lowest BCUT2D eigenvalue weighted by molar-refractivity contribution is -0.136. The highest BCUT2D eigenvalue weighted by molar-refractivity contribution is 7.07. The lowest BCUT2D eigenvalue weighted by Crippen LogP contribution is -2.45. The molecule has 3 rings (SSSR count). The van der Waals surface area contributed by atoms with E-state index in [9.17, 15) is 14.4 Å². The lowest BCUT2D eigenvalue weighted by Gasteiger charge is -2.26. The molecule has 34 heavy (non-hydrogen) atoms. The first-order valence-corrected chi connectivity index (χ1v) is 11.5. The first kappa shape index (κ1) is 25.3. The van der Waals surface area contributed by atoms with Gasteiger partial charge in [-0.2, -0.15) is 0 Å². The number of carbonyl (C=O) groups is 2. The van der Waals surface area contributed by atoms with Crippen molar-refractivity contribution in [1.82, 2.24) is 9.47 Å². The molecule has 2 aromatic rings. The Bertz CT molecular complexity index is 1210. The van der Waals surface area contributed by atoms with Crippen LogP contribution in [0.5, 0.6) is 17.2 Å². The van der Waals surface area contributed by atoms with Gasteiger partial charge < -0.3 is 28.6 Å². The summed E-state index contributed by atoms with van der Waals surface area (Å²) in [4.78, 5) is 39.9. The van der Waals surface area contributed by atoms with Gasteiger partial charge in [0, 0.05) is 24.7 Å². The normalized spacial score (nSPS) is 14.8. The van der Waals surface area contributed by atoms with E-state index in [-0.39, 0.29) is 19.1 Å². The lowest BCUT2D eigenvalue weighted by atomic mass is 10.1. The van der Waals surface area contributed by atoms with Crippen molar-refractivity contribution in [2.45, 2.75) is 13.5 Å². The van der Waals surface area contributed by atoms with Crippen LogP contribution in [0.4, 0.5) is 0 Å². The Morgan fingerprint density at radius 3 is 2.32 bits per heavy atom. The number of benzene rings is 1. The molecule has 1 fully saturated rings. The predicted octanol–water partition coefficient (Wildman–Crippen LogP) is -0.0332. The molecule has 1 aromatic carbocycles. The molecule has 0 atom stereocenters. The Balaban J connectivity index is 2.12. The number of methoxy groups -OCH3 is 3. The SMILES string of the molecule is CCOC(=O)/C=c1\s/c(=C\c2cc(OC)c(OC)cc2OC)c(=O)n1CC(=O)N1CCOCC1. The number of amides is 1. The van der Waals surface area contributed by atoms with Crippen molar-refractivity contribution in [3.63, 3.8) is 0 Å². The number of morpholine rings is 1. The summed E-state index contributed by atoms with van der Waals surface area (Å²) >= 11 is 1.08. The zero-order chi connectivity index (χ0) is 24.7. The summed E-state index contributed by atoms with van der Waals surface area (Å²) in [5.74, 6) is 0.598. The third-order valence-electron chi connectivity index (χ3n) is 5.14. The number of rotatable bonds is 8. The van der Waals surface area contributed by atoms with E-state index in [1.807, 2.05) is 0 Å². The summed E-state index contributed by atoms with van der Waals surface area (Å²) in [5, 5.41) is 0. The zero-order valence-corrected chi connectivity index (χ0v) is 20.4. The fourth-order valence-corrected chi connectivity index (χ4v) is 4.45. The van der Waals surface area contributed by atoms with Crippen LogP contribution in [-0.4, -0.2) is 75.6 Å². The van der Waals surface area contributed by atoms with Gasteiger partial charge in [0.15, 0.2) is 11.5 Å². The van der Waals surface area contributed by atoms with Crippen molar-refractivity contribution >= 4 is 35.4 Å². The van der Waals surface area contributed by atoms with Gasteiger partial charge in [0.2, 0.25) is 5.91 Å². The second-order valence-corrected chi connectivity index (χ2v) is 8.24. The highest BCUT2D eigenvalue weighted by atomic mass is 32.1. The van der Waals surface area contributed by atoms with E-state index >= 15 is 0 Å². The van der Waals surface area contributed by atoms with Crippen molar-refractivity contribution in [2.75, 3.05) is 54.2 Å². The summed E-state index contributed by atoms with van der Waals surface area (Å²) in [6.07, 6.45) is 2.86. The van der Waals surface area contributed by atoms with Gasteiger partial charge in [-0.25, -0.2) is 4.79 Å². The van der Waals surface area contributed by atoms with Crippen LogP contribution in [0.1, 0.15) is 12.5 Å². The van der Waals surface area contributed by atoms with Gasteiger partial charge in [-0.3, -0.25) is 14.2 Å². The molecule has 11 heteroatoms. The number of carbonyl (C=O) groups excluding carboxylic acids is 2. The van der Waals surface area contributed by atoms with Gasteiger partial charge in [-0.1, -0.05) is 0 Å². The van der Waals surface area contributed by atoms with Crippen LogP contribution in [0.2, 0.25) is 0 Å².